The molecule has 0 heterocycles. The Morgan fingerprint density at radius 1 is 1.54 bits per heavy atom. The van der Waals surface area contributed by atoms with Gasteiger partial charge in [-0.05, 0) is 6.07 Å². The second kappa shape index (κ2) is 4.72. The van der Waals surface area contributed by atoms with Crippen LogP contribution in [0.2, 0.25) is 0 Å². The molecule has 0 bridgehead atoms. The van der Waals surface area contributed by atoms with Crippen LogP contribution in [0.1, 0.15) is 5.56 Å². The first kappa shape index (κ1) is 9.86. The van der Waals surface area contributed by atoms with E-state index in [4.69, 9.17) is 16.3 Å². The van der Waals surface area contributed by atoms with E-state index in [2.05, 4.69) is 5.32 Å². The van der Waals surface area contributed by atoms with E-state index in [-0.39, 0.29) is 0 Å². The van der Waals surface area contributed by atoms with Gasteiger partial charge >= 0.3 is 6.09 Å². The Hall–Kier alpha value is -1.22. The van der Waals surface area contributed by atoms with Crippen LogP contribution in [0, 0.1) is 0 Å². The lowest BCUT2D eigenvalue weighted by atomic mass is 10.2. The molecule has 0 aromatic heterocycles. The van der Waals surface area contributed by atoms with Crippen LogP contribution in [0.25, 0.3) is 0 Å². The molecule has 0 radical (unpaired) electrons. The van der Waals surface area contributed by atoms with Gasteiger partial charge < -0.3 is 10.1 Å². The maximum absolute atomic E-state index is 10.9. The number of carbonyl (C=O) groups excluding carboxylic acids is 1. The van der Waals surface area contributed by atoms with Crippen LogP contribution in [0.15, 0.2) is 24.3 Å². The van der Waals surface area contributed by atoms with Gasteiger partial charge in [-0.3, -0.25) is 0 Å². The van der Waals surface area contributed by atoms with Crippen LogP contribution in [0.4, 0.5) is 4.79 Å². The SMILES string of the molecule is CNC(=O)Oc1ccccc1CCl. The summed E-state index contributed by atoms with van der Waals surface area (Å²) in [7, 11) is 1.51. The fraction of sp³-hybridized carbons (Fsp3) is 0.222. The van der Waals surface area contributed by atoms with Gasteiger partial charge in [0.05, 0.1) is 5.88 Å². The second-order valence-electron chi connectivity index (χ2n) is 2.38. The molecule has 0 atom stereocenters. The van der Waals surface area contributed by atoms with E-state index < -0.39 is 6.09 Å². The lowest BCUT2D eigenvalue weighted by molar-refractivity contribution is 0.202. The monoisotopic (exact) mass is 199 g/mol. The first-order valence-corrected chi connectivity index (χ1v) is 4.35. The highest BCUT2D eigenvalue weighted by Gasteiger charge is 2.05. The Kier molecular flexibility index (Phi) is 3.58. The molecule has 1 aromatic carbocycles. The summed E-state index contributed by atoms with van der Waals surface area (Å²) >= 11 is 5.65. The number of hydrogen-bond donors (Lipinski definition) is 1. The van der Waals surface area contributed by atoms with Crippen LogP contribution in [-0.4, -0.2) is 13.1 Å². The van der Waals surface area contributed by atoms with Crippen LogP contribution in [0.5, 0.6) is 5.75 Å². The topological polar surface area (TPSA) is 38.3 Å². The zero-order valence-corrected chi connectivity index (χ0v) is 7.97. The largest absolute Gasteiger partial charge is 0.412 e. The van der Waals surface area contributed by atoms with E-state index in [0.717, 1.165) is 5.56 Å². The predicted molar refractivity (Wildman–Crippen MR) is 51.1 cm³/mol. The Morgan fingerprint density at radius 3 is 2.85 bits per heavy atom. The van der Waals surface area contributed by atoms with Crippen molar-refractivity contribution in [3.8, 4) is 5.75 Å². The second-order valence-corrected chi connectivity index (χ2v) is 2.65. The standard InChI is InChI=1S/C9H10ClNO2/c1-11-9(12)13-8-5-3-2-4-7(8)6-10/h2-5H,6H2,1H3,(H,11,12). The van der Waals surface area contributed by atoms with E-state index in [1.165, 1.54) is 7.05 Å². The van der Waals surface area contributed by atoms with Crippen LogP contribution in [-0.2, 0) is 5.88 Å². The Bertz CT molecular complexity index is 301. The maximum Gasteiger partial charge on any atom is 0.412 e. The lowest BCUT2D eigenvalue weighted by Crippen LogP contribution is -2.22. The minimum absolute atomic E-state index is 0.327. The van der Waals surface area contributed by atoms with Crippen molar-refractivity contribution in [1.29, 1.82) is 0 Å². The van der Waals surface area contributed by atoms with E-state index >= 15 is 0 Å². The first-order chi connectivity index (χ1) is 6.27. The van der Waals surface area contributed by atoms with Gasteiger partial charge in [-0.2, -0.15) is 0 Å². The van der Waals surface area contributed by atoms with Crippen molar-refractivity contribution in [3.05, 3.63) is 29.8 Å². The minimum atomic E-state index is -0.488. The summed E-state index contributed by atoms with van der Waals surface area (Å²) < 4.78 is 4.95. The molecule has 13 heavy (non-hydrogen) atoms. The highest BCUT2D eigenvalue weighted by atomic mass is 35.5. The Balaban J connectivity index is 2.81. The summed E-state index contributed by atoms with van der Waals surface area (Å²) in [4.78, 5) is 10.9. The molecule has 4 heteroatoms. The van der Waals surface area contributed by atoms with Crippen molar-refractivity contribution in [3.63, 3.8) is 0 Å². The van der Waals surface area contributed by atoms with Gasteiger partial charge in [0.25, 0.3) is 0 Å². The molecule has 0 saturated heterocycles. The van der Waals surface area contributed by atoms with Gasteiger partial charge in [-0.1, -0.05) is 18.2 Å². The van der Waals surface area contributed by atoms with Gasteiger partial charge in [0.1, 0.15) is 5.75 Å². The number of nitrogens with one attached hydrogen (secondary N) is 1. The van der Waals surface area contributed by atoms with Gasteiger partial charge in [0.15, 0.2) is 0 Å². The number of hydrogen-bond acceptors (Lipinski definition) is 2. The maximum atomic E-state index is 10.9. The summed E-state index contributed by atoms with van der Waals surface area (Å²) in [6.07, 6.45) is -0.488. The number of rotatable bonds is 2. The number of halogens is 1. The lowest BCUT2D eigenvalue weighted by Gasteiger charge is -2.06. The first-order valence-electron chi connectivity index (χ1n) is 3.81. The van der Waals surface area contributed by atoms with Gasteiger partial charge in [0.2, 0.25) is 0 Å². The van der Waals surface area contributed by atoms with E-state index in [0.29, 0.717) is 11.6 Å². The molecular weight excluding hydrogens is 190 g/mol. The van der Waals surface area contributed by atoms with Crippen molar-refractivity contribution < 1.29 is 9.53 Å². The number of alkyl halides is 1. The average molecular weight is 200 g/mol. The Morgan fingerprint density at radius 2 is 2.23 bits per heavy atom. The number of carbonyl (C=O) groups is 1. The van der Waals surface area contributed by atoms with Crippen molar-refractivity contribution in [1.82, 2.24) is 5.32 Å². The molecule has 0 aliphatic rings. The molecule has 70 valence electrons. The molecule has 1 rings (SSSR count). The fourth-order valence-corrected chi connectivity index (χ4v) is 1.09. The molecule has 0 aliphatic heterocycles. The zero-order valence-electron chi connectivity index (χ0n) is 7.21. The molecular formula is C9H10ClNO2. The molecule has 0 fully saturated rings. The minimum Gasteiger partial charge on any atom is -0.410 e. The average Bonchev–Trinajstić information content (AvgIpc) is 2.18. The highest BCUT2D eigenvalue weighted by Crippen LogP contribution is 2.19. The fourth-order valence-electron chi connectivity index (χ4n) is 0.865. The van der Waals surface area contributed by atoms with Crippen LogP contribution < -0.4 is 10.1 Å². The van der Waals surface area contributed by atoms with Crippen LogP contribution >= 0.6 is 11.6 Å². The third kappa shape index (κ3) is 2.63. The molecule has 0 spiro atoms. The normalized spacial score (nSPS) is 9.38. The summed E-state index contributed by atoms with van der Waals surface area (Å²) in [6.45, 7) is 0. The molecule has 0 aliphatic carbocycles. The van der Waals surface area contributed by atoms with Crippen molar-refractivity contribution in [2.24, 2.45) is 0 Å². The zero-order chi connectivity index (χ0) is 9.68. The third-order valence-electron chi connectivity index (χ3n) is 1.52. The molecule has 1 amide bonds. The van der Waals surface area contributed by atoms with E-state index in [1.54, 1.807) is 12.1 Å². The van der Waals surface area contributed by atoms with Crippen molar-refractivity contribution in [2.75, 3.05) is 7.05 Å². The Labute approximate surface area is 81.7 Å². The smallest absolute Gasteiger partial charge is 0.410 e. The predicted octanol–water partition coefficient (Wildman–Crippen LogP) is 2.14. The van der Waals surface area contributed by atoms with Gasteiger partial charge in [0, 0.05) is 12.6 Å². The summed E-state index contributed by atoms with van der Waals surface area (Å²) in [5, 5.41) is 2.36. The number of ether oxygens (including phenoxy) is 1. The number of amides is 1. The van der Waals surface area contributed by atoms with Crippen molar-refractivity contribution in [2.45, 2.75) is 5.88 Å². The van der Waals surface area contributed by atoms with Crippen molar-refractivity contribution >= 4 is 17.7 Å². The third-order valence-corrected chi connectivity index (χ3v) is 1.81. The number of benzene rings is 1. The molecule has 1 aromatic rings. The highest BCUT2D eigenvalue weighted by molar-refractivity contribution is 6.17. The summed E-state index contributed by atoms with van der Waals surface area (Å²) in [5.74, 6) is 0.824. The molecule has 0 unspecified atom stereocenters. The van der Waals surface area contributed by atoms with Crippen LogP contribution in [0.3, 0.4) is 0 Å². The molecule has 3 nitrogen and oxygen atoms in total. The summed E-state index contributed by atoms with van der Waals surface area (Å²) in [5.41, 5.74) is 0.799. The number of para-hydroxylation sites is 1. The van der Waals surface area contributed by atoms with E-state index in [9.17, 15) is 4.79 Å². The molecule has 1 N–H and O–H groups in total. The molecule has 0 saturated carbocycles. The quantitative estimate of drug-likeness (QED) is 0.742. The van der Waals surface area contributed by atoms with Gasteiger partial charge in [-0.25, -0.2) is 4.79 Å². The van der Waals surface area contributed by atoms with Gasteiger partial charge in [-0.15, -0.1) is 11.6 Å². The summed E-state index contributed by atoms with van der Waals surface area (Å²) in [6, 6.07) is 7.14. The van der Waals surface area contributed by atoms with E-state index in [1.807, 2.05) is 12.1 Å².